The number of rotatable bonds is 2. The van der Waals surface area contributed by atoms with Crippen molar-refractivity contribution in [3.8, 4) is 11.8 Å². The Labute approximate surface area is 123 Å². The molecule has 0 aliphatic carbocycles. The number of likely N-dealkylation sites (N-methyl/N-ethyl adjacent to an activating group) is 1. The van der Waals surface area contributed by atoms with Gasteiger partial charge in [-0.3, -0.25) is 10.2 Å². The van der Waals surface area contributed by atoms with Gasteiger partial charge in [0.1, 0.15) is 12.4 Å². The largest absolute Gasteiger partial charge is 0.384 e. The second kappa shape index (κ2) is 7.18. The minimum absolute atomic E-state index is 0.0107. The molecule has 6 heteroatoms. The molecule has 2 rings (SSSR count). The van der Waals surface area contributed by atoms with Crippen LogP contribution in [0.25, 0.3) is 0 Å². The zero-order chi connectivity index (χ0) is 15.2. The van der Waals surface area contributed by atoms with Gasteiger partial charge in [-0.05, 0) is 25.2 Å². The Kier molecular flexibility index (Phi) is 5.28. The summed E-state index contributed by atoms with van der Waals surface area (Å²) >= 11 is 0. The van der Waals surface area contributed by atoms with Crippen molar-refractivity contribution in [3.05, 3.63) is 35.1 Å². The van der Waals surface area contributed by atoms with Crippen LogP contribution in [0.5, 0.6) is 0 Å². The van der Waals surface area contributed by atoms with E-state index in [1.807, 2.05) is 7.05 Å². The molecule has 0 unspecified atom stereocenters. The van der Waals surface area contributed by atoms with E-state index in [0.29, 0.717) is 18.7 Å². The van der Waals surface area contributed by atoms with Crippen molar-refractivity contribution < 1.29 is 14.3 Å². The number of nitrogens with one attached hydrogen (secondary N) is 1. The fourth-order valence-corrected chi connectivity index (χ4v) is 2.04. The van der Waals surface area contributed by atoms with Gasteiger partial charge in [-0.15, -0.1) is 0 Å². The Hall–Kier alpha value is -1.94. The molecule has 112 valence electrons. The van der Waals surface area contributed by atoms with Crippen LogP contribution in [0.3, 0.4) is 0 Å². The molecule has 21 heavy (non-hydrogen) atoms. The summed E-state index contributed by atoms with van der Waals surface area (Å²) in [6.07, 6.45) is 0. The number of amides is 1. The Balaban J connectivity index is 2.02. The number of hydrazine groups is 1. The standard InChI is InChI=1S/C15H18FN3O2/c1-18-6-8-19(9-7-18)17-15(21)13-5-4-12(3-2-10-20)11-14(13)16/h4-5,11,20H,6-10H2,1H3,(H,17,21). The summed E-state index contributed by atoms with van der Waals surface area (Å²) in [5.74, 6) is 3.96. The van der Waals surface area contributed by atoms with Crippen molar-refractivity contribution in [1.29, 1.82) is 0 Å². The van der Waals surface area contributed by atoms with E-state index in [0.717, 1.165) is 13.1 Å². The van der Waals surface area contributed by atoms with Crippen molar-refractivity contribution >= 4 is 5.91 Å². The predicted molar refractivity (Wildman–Crippen MR) is 76.9 cm³/mol. The maximum Gasteiger partial charge on any atom is 0.268 e. The smallest absolute Gasteiger partial charge is 0.268 e. The molecule has 0 atom stereocenters. The van der Waals surface area contributed by atoms with Gasteiger partial charge in [-0.25, -0.2) is 9.40 Å². The second-order valence-corrected chi connectivity index (χ2v) is 4.89. The van der Waals surface area contributed by atoms with Gasteiger partial charge in [0.2, 0.25) is 0 Å². The highest BCUT2D eigenvalue weighted by atomic mass is 19.1. The first kappa shape index (κ1) is 15.4. The molecule has 1 aliphatic heterocycles. The lowest BCUT2D eigenvalue weighted by Gasteiger charge is -2.32. The second-order valence-electron chi connectivity index (χ2n) is 4.89. The van der Waals surface area contributed by atoms with Gasteiger partial charge in [0.25, 0.3) is 5.91 Å². The maximum absolute atomic E-state index is 13.9. The van der Waals surface area contributed by atoms with Crippen LogP contribution in [-0.4, -0.2) is 60.8 Å². The molecule has 1 fully saturated rings. The van der Waals surface area contributed by atoms with E-state index < -0.39 is 11.7 Å². The highest BCUT2D eigenvalue weighted by Gasteiger charge is 2.18. The molecule has 0 radical (unpaired) electrons. The average Bonchev–Trinajstić information content (AvgIpc) is 2.47. The topological polar surface area (TPSA) is 55.8 Å². The van der Waals surface area contributed by atoms with Crippen molar-refractivity contribution in [3.63, 3.8) is 0 Å². The van der Waals surface area contributed by atoms with Gasteiger partial charge >= 0.3 is 0 Å². The first-order valence-corrected chi connectivity index (χ1v) is 6.74. The van der Waals surface area contributed by atoms with E-state index in [9.17, 15) is 9.18 Å². The third-order valence-electron chi connectivity index (χ3n) is 3.29. The molecule has 1 aromatic carbocycles. The van der Waals surface area contributed by atoms with Crippen LogP contribution in [0.4, 0.5) is 4.39 Å². The van der Waals surface area contributed by atoms with E-state index >= 15 is 0 Å². The number of benzene rings is 1. The number of carbonyl (C=O) groups is 1. The molecular weight excluding hydrogens is 273 g/mol. The molecular formula is C15H18FN3O2. The molecule has 1 saturated heterocycles. The van der Waals surface area contributed by atoms with Crippen LogP contribution in [0.2, 0.25) is 0 Å². The van der Waals surface area contributed by atoms with E-state index in [1.54, 1.807) is 11.1 Å². The zero-order valence-electron chi connectivity index (χ0n) is 11.9. The van der Waals surface area contributed by atoms with Crippen molar-refractivity contribution in [2.75, 3.05) is 39.8 Å². The minimum atomic E-state index is -0.619. The van der Waals surface area contributed by atoms with Gasteiger partial charge in [0.05, 0.1) is 5.56 Å². The first-order valence-electron chi connectivity index (χ1n) is 6.74. The van der Waals surface area contributed by atoms with Crippen LogP contribution < -0.4 is 5.43 Å². The molecule has 0 bridgehead atoms. The molecule has 0 saturated carbocycles. The molecule has 2 N–H and O–H groups in total. The maximum atomic E-state index is 13.9. The summed E-state index contributed by atoms with van der Waals surface area (Å²) in [5.41, 5.74) is 3.13. The van der Waals surface area contributed by atoms with Gasteiger partial charge < -0.3 is 10.0 Å². The first-order chi connectivity index (χ1) is 10.1. The van der Waals surface area contributed by atoms with E-state index in [2.05, 4.69) is 22.2 Å². The fraction of sp³-hybridized carbons (Fsp3) is 0.400. The lowest BCUT2D eigenvalue weighted by molar-refractivity contribution is 0.0658. The third-order valence-corrected chi connectivity index (χ3v) is 3.29. The normalized spacial score (nSPS) is 16.1. The summed E-state index contributed by atoms with van der Waals surface area (Å²) < 4.78 is 13.9. The number of aliphatic hydroxyl groups excluding tert-OH is 1. The number of halogens is 1. The molecule has 1 aliphatic rings. The fourth-order valence-electron chi connectivity index (χ4n) is 2.04. The molecule has 0 aromatic heterocycles. The number of hydrogen-bond donors (Lipinski definition) is 2. The lowest BCUT2D eigenvalue weighted by Crippen LogP contribution is -2.52. The van der Waals surface area contributed by atoms with Crippen molar-refractivity contribution in [2.45, 2.75) is 0 Å². The van der Waals surface area contributed by atoms with Crippen LogP contribution in [0.15, 0.2) is 18.2 Å². The van der Waals surface area contributed by atoms with Crippen LogP contribution in [0.1, 0.15) is 15.9 Å². The molecule has 0 spiro atoms. The summed E-state index contributed by atoms with van der Waals surface area (Å²) in [5, 5.41) is 10.4. The highest BCUT2D eigenvalue weighted by Crippen LogP contribution is 2.10. The third kappa shape index (κ3) is 4.26. The SMILES string of the molecule is CN1CCN(NC(=O)c2ccc(C#CCO)cc2F)CC1. The van der Waals surface area contributed by atoms with Gasteiger partial charge in [-0.2, -0.15) is 0 Å². The van der Waals surface area contributed by atoms with E-state index in [4.69, 9.17) is 5.11 Å². The van der Waals surface area contributed by atoms with Crippen LogP contribution in [-0.2, 0) is 0 Å². The Morgan fingerprint density at radius 1 is 1.38 bits per heavy atom. The molecule has 1 amide bonds. The highest BCUT2D eigenvalue weighted by molar-refractivity contribution is 5.94. The number of piperazine rings is 1. The molecule has 1 aromatic rings. The molecule has 5 nitrogen and oxygen atoms in total. The molecule has 1 heterocycles. The minimum Gasteiger partial charge on any atom is -0.384 e. The van der Waals surface area contributed by atoms with E-state index in [1.165, 1.54) is 12.1 Å². The number of carbonyl (C=O) groups excluding carboxylic acids is 1. The van der Waals surface area contributed by atoms with E-state index in [-0.39, 0.29) is 12.2 Å². The lowest BCUT2D eigenvalue weighted by atomic mass is 10.1. The summed E-state index contributed by atoms with van der Waals surface area (Å²) in [7, 11) is 2.02. The Morgan fingerprint density at radius 2 is 2.10 bits per heavy atom. The van der Waals surface area contributed by atoms with Gasteiger partial charge in [-0.1, -0.05) is 11.8 Å². The summed E-state index contributed by atoms with van der Waals surface area (Å²) in [6.45, 7) is 2.86. The average molecular weight is 291 g/mol. The van der Waals surface area contributed by atoms with Crippen molar-refractivity contribution in [2.24, 2.45) is 0 Å². The van der Waals surface area contributed by atoms with Gasteiger partial charge in [0, 0.05) is 31.7 Å². The Bertz CT molecular complexity index is 572. The summed E-state index contributed by atoms with van der Waals surface area (Å²) in [4.78, 5) is 14.2. The predicted octanol–water partition coefficient (Wildman–Crippen LogP) is 0.0617. The quantitative estimate of drug-likeness (QED) is 0.757. The zero-order valence-corrected chi connectivity index (χ0v) is 11.9. The summed E-state index contributed by atoms with van der Waals surface area (Å²) in [6, 6.07) is 4.16. The van der Waals surface area contributed by atoms with Crippen LogP contribution in [0, 0.1) is 17.7 Å². The number of nitrogens with zero attached hydrogens (tertiary/aromatic N) is 2. The van der Waals surface area contributed by atoms with Gasteiger partial charge in [0.15, 0.2) is 0 Å². The van der Waals surface area contributed by atoms with Crippen LogP contribution >= 0.6 is 0 Å². The Morgan fingerprint density at radius 3 is 2.71 bits per heavy atom. The number of hydrogen-bond acceptors (Lipinski definition) is 4. The monoisotopic (exact) mass is 291 g/mol. The van der Waals surface area contributed by atoms with Crippen molar-refractivity contribution in [1.82, 2.24) is 15.3 Å². The number of aliphatic hydroxyl groups is 1.